The Balaban J connectivity index is 1.43. The normalized spacial score (nSPS) is 12.3. The van der Waals surface area contributed by atoms with Crippen molar-refractivity contribution in [3.8, 4) is 28.2 Å². The average molecular weight is 506 g/mol. The predicted octanol–water partition coefficient (Wildman–Crippen LogP) is 6.79. The quantitative estimate of drug-likeness (QED) is 0.268. The molecule has 0 spiro atoms. The van der Waals surface area contributed by atoms with Gasteiger partial charge in [-0.2, -0.15) is 4.57 Å². The lowest BCUT2D eigenvalue weighted by Gasteiger charge is -2.14. The van der Waals surface area contributed by atoms with E-state index in [9.17, 15) is 0 Å². The molecule has 0 amide bonds. The molecule has 3 heterocycles. The lowest BCUT2D eigenvalue weighted by molar-refractivity contribution is -0.566. The van der Waals surface area contributed by atoms with Crippen molar-refractivity contribution < 1.29 is 7.31 Å². The number of rotatable bonds is 4. The maximum atomic E-state index is 8.82. The fourth-order valence-corrected chi connectivity index (χ4v) is 5.34. The van der Waals surface area contributed by atoms with Gasteiger partial charge in [0, 0.05) is 11.6 Å². The van der Waals surface area contributed by atoms with E-state index in [-0.39, 0.29) is 12.6 Å². The Morgan fingerprint density at radius 2 is 1.41 bits per heavy atom. The summed E-state index contributed by atoms with van der Waals surface area (Å²) < 4.78 is 23.4. The van der Waals surface area contributed by atoms with E-state index in [1.165, 1.54) is 0 Å². The summed E-state index contributed by atoms with van der Waals surface area (Å²) in [5.74, 6) is 0. The molecule has 8 rings (SSSR count). The molecule has 0 radical (unpaired) electrons. The van der Waals surface area contributed by atoms with Crippen LogP contribution in [0.25, 0.3) is 61.3 Å². The molecule has 0 aliphatic carbocycles. The number of para-hydroxylation sites is 7. The Labute approximate surface area is 226 Å². The van der Waals surface area contributed by atoms with E-state index in [1.807, 2.05) is 100 Å². The minimum atomic E-state index is 0.151. The molecule has 0 saturated carbocycles. The number of aromatic amines is 1. The van der Waals surface area contributed by atoms with Crippen LogP contribution in [-0.2, 0) is 0 Å². The number of benzene rings is 5. The van der Waals surface area contributed by atoms with Gasteiger partial charge in [-0.3, -0.25) is 9.13 Å². The van der Waals surface area contributed by atoms with Gasteiger partial charge in [-0.05, 0) is 60.2 Å². The molecular formula is C33H23N6+. The number of nitrogens with one attached hydrogen (secondary N) is 1. The second-order valence-electron chi connectivity index (χ2n) is 9.48. The van der Waals surface area contributed by atoms with E-state index in [1.54, 1.807) is 0 Å². The lowest BCUT2D eigenvalue weighted by Crippen LogP contribution is -2.28. The first kappa shape index (κ1) is 19.6. The van der Waals surface area contributed by atoms with Crippen LogP contribution in [0.2, 0.25) is 0 Å². The molecule has 8 aromatic rings. The molecule has 0 aliphatic rings. The van der Waals surface area contributed by atoms with E-state index < -0.39 is 0 Å². The summed E-state index contributed by atoms with van der Waals surface area (Å²) in [5, 5.41) is 0. The SMILES string of the molecule is [2H]c1nc2ccccc2n1-c1cc(-c2ccccc2-n2cnc3ccccc32)cc(-[n+]2c([2H])[nH]c3ccccc32)c1. The van der Waals surface area contributed by atoms with E-state index in [0.29, 0.717) is 0 Å². The zero-order valence-electron chi connectivity index (χ0n) is 22.8. The number of hydrogen-bond donors (Lipinski definition) is 1. The van der Waals surface area contributed by atoms with Gasteiger partial charge < -0.3 is 0 Å². The number of H-pyrrole nitrogens is 1. The van der Waals surface area contributed by atoms with Gasteiger partial charge in [-0.1, -0.05) is 54.6 Å². The summed E-state index contributed by atoms with van der Waals surface area (Å²) in [6.45, 7) is 0. The fourth-order valence-electron chi connectivity index (χ4n) is 5.34. The molecule has 1 N–H and O–H groups in total. The summed E-state index contributed by atoms with van der Waals surface area (Å²) in [6.07, 6.45) is 2.28. The number of hydrogen-bond acceptors (Lipinski definition) is 2. The van der Waals surface area contributed by atoms with Gasteiger partial charge in [0.15, 0.2) is 12.4 Å². The Morgan fingerprint density at radius 1 is 0.692 bits per heavy atom. The third-order valence-electron chi connectivity index (χ3n) is 7.19. The number of imidazole rings is 3. The highest BCUT2D eigenvalue weighted by molar-refractivity contribution is 5.83. The van der Waals surface area contributed by atoms with E-state index in [4.69, 9.17) is 2.74 Å². The maximum Gasteiger partial charge on any atom is 0.247 e. The molecular weight excluding hydrogens is 480 g/mol. The van der Waals surface area contributed by atoms with Crippen LogP contribution >= 0.6 is 0 Å². The van der Waals surface area contributed by atoms with Crippen LogP contribution in [0.3, 0.4) is 0 Å². The molecule has 0 saturated heterocycles. The Morgan fingerprint density at radius 3 is 2.31 bits per heavy atom. The monoisotopic (exact) mass is 505 g/mol. The molecule has 0 bridgehead atoms. The van der Waals surface area contributed by atoms with Crippen molar-refractivity contribution in [1.82, 2.24) is 24.1 Å². The van der Waals surface area contributed by atoms with Gasteiger partial charge in [-0.25, -0.2) is 15.0 Å². The van der Waals surface area contributed by atoms with Crippen LogP contribution in [0.5, 0.6) is 0 Å². The van der Waals surface area contributed by atoms with Crippen molar-refractivity contribution in [2.45, 2.75) is 0 Å². The van der Waals surface area contributed by atoms with Crippen molar-refractivity contribution in [2.24, 2.45) is 0 Å². The highest BCUT2D eigenvalue weighted by Crippen LogP contribution is 2.32. The van der Waals surface area contributed by atoms with Crippen LogP contribution in [0, 0.1) is 0 Å². The van der Waals surface area contributed by atoms with E-state index >= 15 is 0 Å². The summed E-state index contributed by atoms with van der Waals surface area (Å²) in [4.78, 5) is 12.3. The molecule has 6 heteroatoms. The Kier molecular flexibility index (Phi) is 4.29. The molecule has 3 aromatic heterocycles. The second kappa shape index (κ2) is 8.53. The van der Waals surface area contributed by atoms with Gasteiger partial charge in [0.25, 0.3) is 0 Å². The van der Waals surface area contributed by atoms with Crippen molar-refractivity contribution in [1.29, 1.82) is 0 Å². The predicted molar refractivity (Wildman–Crippen MR) is 155 cm³/mol. The van der Waals surface area contributed by atoms with Gasteiger partial charge in [0.05, 0.1) is 33.4 Å². The summed E-state index contributed by atoms with van der Waals surface area (Å²) >= 11 is 0. The van der Waals surface area contributed by atoms with Crippen molar-refractivity contribution >= 4 is 33.1 Å². The van der Waals surface area contributed by atoms with Gasteiger partial charge in [0.2, 0.25) is 6.30 Å². The lowest BCUT2D eigenvalue weighted by atomic mass is 10.0. The van der Waals surface area contributed by atoms with Gasteiger partial charge in [-0.15, -0.1) is 0 Å². The molecule has 5 aromatic carbocycles. The molecule has 184 valence electrons. The highest BCUT2D eigenvalue weighted by Gasteiger charge is 2.17. The van der Waals surface area contributed by atoms with Crippen LogP contribution in [0.15, 0.2) is 134 Å². The second-order valence-corrected chi connectivity index (χ2v) is 9.48. The average Bonchev–Trinajstić information content (AvgIpc) is 3.68. The third-order valence-corrected chi connectivity index (χ3v) is 7.19. The van der Waals surface area contributed by atoms with Crippen LogP contribution < -0.4 is 4.57 Å². The molecule has 6 nitrogen and oxygen atoms in total. The van der Waals surface area contributed by atoms with Gasteiger partial charge >= 0.3 is 0 Å². The molecule has 0 atom stereocenters. The fraction of sp³-hybridized carbons (Fsp3) is 0. The van der Waals surface area contributed by atoms with Crippen LogP contribution in [-0.4, -0.2) is 24.1 Å². The van der Waals surface area contributed by atoms with Crippen LogP contribution in [0.1, 0.15) is 2.74 Å². The first-order valence-electron chi connectivity index (χ1n) is 13.8. The standard InChI is InChI=1S/C33H22N6/c1-5-13-30(39-22-36-29-12-4-8-16-33(29)39)26(9-1)23-17-24(37-20-34-27-10-2-6-14-31(27)37)19-25(18-23)38-21-35-28-11-3-7-15-32(28)38/h1-22H/p+1/i20D,21D. The summed E-state index contributed by atoms with van der Waals surface area (Å²) in [5.41, 5.74) is 9.86. The number of nitrogens with zero attached hydrogens (tertiary/aromatic N) is 5. The topological polar surface area (TPSA) is 55.3 Å². The zero-order valence-corrected chi connectivity index (χ0v) is 20.8. The minimum absolute atomic E-state index is 0.151. The van der Waals surface area contributed by atoms with Crippen molar-refractivity contribution in [2.75, 3.05) is 0 Å². The molecule has 0 fully saturated rings. The van der Waals surface area contributed by atoms with E-state index in [0.717, 1.165) is 61.3 Å². The molecule has 39 heavy (non-hydrogen) atoms. The Bertz CT molecular complexity index is 2160. The van der Waals surface area contributed by atoms with E-state index in [2.05, 4.69) is 49.9 Å². The van der Waals surface area contributed by atoms with Crippen LogP contribution in [0.4, 0.5) is 0 Å². The molecule has 0 aliphatic heterocycles. The minimum Gasteiger partial charge on any atom is -0.299 e. The smallest absolute Gasteiger partial charge is 0.247 e. The van der Waals surface area contributed by atoms with Gasteiger partial charge in [0.1, 0.15) is 19.7 Å². The largest absolute Gasteiger partial charge is 0.299 e. The third kappa shape index (κ3) is 3.46. The number of fused-ring (bicyclic) bond motifs is 3. The molecule has 0 unspecified atom stereocenters. The summed E-state index contributed by atoms with van der Waals surface area (Å²) in [7, 11) is 0. The first-order valence-corrected chi connectivity index (χ1v) is 12.8. The number of aromatic nitrogens is 6. The highest BCUT2D eigenvalue weighted by atomic mass is 15.1. The van der Waals surface area contributed by atoms with Crippen molar-refractivity contribution in [3.63, 3.8) is 0 Å². The Hall–Kier alpha value is -5.49. The zero-order chi connectivity index (χ0) is 27.5. The van der Waals surface area contributed by atoms with Crippen molar-refractivity contribution in [3.05, 3.63) is 134 Å². The summed E-state index contributed by atoms with van der Waals surface area (Å²) in [6, 6.07) is 38.2. The maximum absolute atomic E-state index is 8.82. The first-order chi connectivity index (χ1) is 20.2.